The van der Waals surface area contributed by atoms with E-state index in [1.807, 2.05) is 6.07 Å². The summed E-state index contributed by atoms with van der Waals surface area (Å²) >= 11 is 0. The zero-order chi connectivity index (χ0) is 13.5. The molecule has 0 aromatic carbocycles. The summed E-state index contributed by atoms with van der Waals surface area (Å²) in [5.41, 5.74) is 0.985. The van der Waals surface area contributed by atoms with Crippen LogP contribution in [0.25, 0.3) is 0 Å². The quantitative estimate of drug-likeness (QED) is 0.810. The van der Waals surface area contributed by atoms with Gasteiger partial charge in [0.15, 0.2) is 5.82 Å². The molecule has 1 aromatic rings. The topological polar surface area (TPSA) is 50.3 Å². The Labute approximate surface area is 115 Å². The summed E-state index contributed by atoms with van der Waals surface area (Å²) < 4.78 is 5.68. The number of ether oxygens (including phenoxy) is 1. The summed E-state index contributed by atoms with van der Waals surface area (Å²) in [6, 6.07) is 4.10. The molecule has 0 radical (unpaired) electrons. The average Bonchev–Trinajstić information content (AvgIpc) is 2.96. The molecule has 1 fully saturated rings. The second kappa shape index (κ2) is 7.40. The van der Waals surface area contributed by atoms with Crippen LogP contribution in [-0.4, -0.2) is 42.5 Å². The molecule has 5 nitrogen and oxygen atoms in total. The van der Waals surface area contributed by atoms with Gasteiger partial charge in [0.25, 0.3) is 0 Å². The number of hydrogen-bond acceptors (Lipinski definition) is 5. The maximum atomic E-state index is 5.68. The molecule has 5 heteroatoms. The van der Waals surface area contributed by atoms with Crippen LogP contribution in [0.4, 0.5) is 5.82 Å². The molecule has 1 atom stereocenters. The minimum atomic E-state index is 0.350. The highest BCUT2D eigenvalue weighted by molar-refractivity contribution is 5.37. The SMILES string of the molecule is CCNCc1ccc(N(CC)CC2CCCO2)nn1. The third-order valence-corrected chi connectivity index (χ3v) is 3.42. The molecule has 0 saturated carbocycles. The molecule has 1 aromatic heterocycles. The van der Waals surface area contributed by atoms with Crippen molar-refractivity contribution in [1.82, 2.24) is 15.5 Å². The van der Waals surface area contributed by atoms with Crippen LogP contribution >= 0.6 is 0 Å². The second-order valence-corrected chi connectivity index (χ2v) is 4.84. The number of rotatable bonds is 7. The summed E-state index contributed by atoms with van der Waals surface area (Å²) in [7, 11) is 0. The van der Waals surface area contributed by atoms with Crippen molar-refractivity contribution in [3.63, 3.8) is 0 Å². The normalized spacial score (nSPS) is 18.7. The lowest BCUT2D eigenvalue weighted by atomic mass is 10.2. The van der Waals surface area contributed by atoms with E-state index in [9.17, 15) is 0 Å². The third-order valence-electron chi connectivity index (χ3n) is 3.42. The van der Waals surface area contributed by atoms with Crippen molar-refractivity contribution in [1.29, 1.82) is 0 Å². The maximum absolute atomic E-state index is 5.68. The Balaban J connectivity index is 1.93. The van der Waals surface area contributed by atoms with Gasteiger partial charge in [0.05, 0.1) is 11.8 Å². The minimum absolute atomic E-state index is 0.350. The van der Waals surface area contributed by atoms with Gasteiger partial charge in [-0.15, -0.1) is 5.10 Å². The third kappa shape index (κ3) is 4.14. The fourth-order valence-electron chi connectivity index (χ4n) is 2.29. The maximum Gasteiger partial charge on any atom is 0.151 e. The van der Waals surface area contributed by atoms with E-state index in [1.54, 1.807) is 0 Å². The first-order chi connectivity index (χ1) is 9.33. The van der Waals surface area contributed by atoms with Crippen molar-refractivity contribution < 1.29 is 4.74 Å². The fraction of sp³-hybridized carbons (Fsp3) is 0.714. The van der Waals surface area contributed by atoms with Crippen molar-refractivity contribution >= 4 is 5.82 Å². The van der Waals surface area contributed by atoms with E-state index in [1.165, 1.54) is 6.42 Å². The van der Waals surface area contributed by atoms with Crippen molar-refractivity contribution in [2.24, 2.45) is 0 Å². The van der Waals surface area contributed by atoms with E-state index in [0.29, 0.717) is 6.10 Å². The second-order valence-electron chi connectivity index (χ2n) is 4.84. The highest BCUT2D eigenvalue weighted by Gasteiger charge is 2.19. The van der Waals surface area contributed by atoms with E-state index in [2.05, 4.69) is 40.3 Å². The predicted octanol–water partition coefficient (Wildman–Crippen LogP) is 1.59. The standard InChI is InChI=1S/C14H24N4O/c1-3-15-10-12-7-8-14(17-16-12)18(4-2)11-13-6-5-9-19-13/h7-8,13,15H,3-6,9-11H2,1-2H3. The first-order valence-corrected chi connectivity index (χ1v) is 7.23. The Morgan fingerprint density at radius 3 is 2.84 bits per heavy atom. The van der Waals surface area contributed by atoms with Crippen molar-refractivity contribution in [3.8, 4) is 0 Å². The van der Waals surface area contributed by atoms with Crippen LogP contribution < -0.4 is 10.2 Å². The number of likely N-dealkylation sites (N-methyl/N-ethyl adjacent to an activating group) is 1. The molecule has 1 aliphatic heterocycles. The average molecular weight is 264 g/mol. The van der Waals surface area contributed by atoms with Gasteiger partial charge < -0.3 is 15.0 Å². The molecule has 0 spiro atoms. The van der Waals surface area contributed by atoms with Crippen LogP contribution in [0.5, 0.6) is 0 Å². The molecule has 0 bridgehead atoms. The predicted molar refractivity (Wildman–Crippen MR) is 76.3 cm³/mol. The first kappa shape index (κ1) is 14.2. The fourth-order valence-corrected chi connectivity index (χ4v) is 2.29. The summed E-state index contributed by atoms with van der Waals surface area (Å²) in [6.07, 6.45) is 2.68. The van der Waals surface area contributed by atoms with E-state index >= 15 is 0 Å². The van der Waals surface area contributed by atoms with Crippen LogP contribution in [0.3, 0.4) is 0 Å². The summed E-state index contributed by atoms with van der Waals surface area (Å²) in [5, 5.41) is 11.8. The number of anilines is 1. The zero-order valence-electron chi connectivity index (χ0n) is 11.9. The highest BCUT2D eigenvalue weighted by Crippen LogP contribution is 2.17. The highest BCUT2D eigenvalue weighted by atomic mass is 16.5. The molecule has 1 unspecified atom stereocenters. The minimum Gasteiger partial charge on any atom is -0.376 e. The summed E-state index contributed by atoms with van der Waals surface area (Å²) in [4.78, 5) is 2.24. The molecule has 2 heterocycles. The molecule has 1 saturated heterocycles. The van der Waals surface area contributed by atoms with Crippen LogP contribution in [0.15, 0.2) is 12.1 Å². The molecular formula is C14H24N4O. The van der Waals surface area contributed by atoms with Gasteiger partial charge in [-0.25, -0.2) is 0 Å². The van der Waals surface area contributed by atoms with Gasteiger partial charge >= 0.3 is 0 Å². The van der Waals surface area contributed by atoms with Gasteiger partial charge in [-0.1, -0.05) is 6.92 Å². The van der Waals surface area contributed by atoms with Crippen molar-refractivity contribution in [2.75, 3.05) is 31.1 Å². The van der Waals surface area contributed by atoms with Crippen LogP contribution in [-0.2, 0) is 11.3 Å². The van der Waals surface area contributed by atoms with E-state index < -0.39 is 0 Å². The number of aromatic nitrogens is 2. The van der Waals surface area contributed by atoms with Gasteiger partial charge in [-0.05, 0) is 38.4 Å². The van der Waals surface area contributed by atoms with Gasteiger partial charge in [0.1, 0.15) is 0 Å². The lowest BCUT2D eigenvalue weighted by Crippen LogP contribution is -2.32. The Bertz CT molecular complexity index is 362. The van der Waals surface area contributed by atoms with Crippen molar-refractivity contribution in [2.45, 2.75) is 39.3 Å². The molecule has 1 N–H and O–H groups in total. The zero-order valence-corrected chi connectivity index (χ0v) is 11.9. The molecule has 2 rings (SSSR count). The largest absolute Gasteiger partial charge is 0.376 e. The first-order valence-electron chi connectivity index (χ1n) is 7.23. The van der Waals surface area contributed by atoms with E-state index in [-0.39, 0.29) is 0 Å². The Morgan fingerprint density at radius 2 is 2.26 bits per heavy atom. The molecule has 1 aliphatic rings. The smallest absolute Gasteiger partial charge is 0.151 e. The molecule has 0 aliphatic carbocycles. The number of nitrogens with zero attached hydrogens (tertiary/aromatic N) is 3. The Hall–Kier alpha value is -1.20. The Kier molecular flexibility index (Phi) is 5.54. The van der Waals surface area contributed by atoms with Crippen molar-refractivity contribution in [3.05, 3.63) is 17.8 Å². The monoisotopic (exact) mass is 264 g/mol. The van der Waals surface area contributed by atoms with Crippen LogP contribution in [0.1, 0.15) is 32.4 Å². The van der Waals surface area contributed by atoms with E-state index in [4.69, 9.17) is 4.74 Å². The van der Waals surface area contributed by atoms with Gasteiger partial charge in [-0.2, -0.15) is 5.10 Å². The van der Waals surface area contributed by atoms with Gasteiger partial charge in [-0.3, -0.25) is 0 Å². The summed E-state index contributed by atoms with van der Waals surface area (Å²) in [6.45, 7) is 8.70. The molecular weight excluding hydrogens is 240 g/mol. The van der Waals surface area contributed by atoms with Gasteiger partial charge in [0.2, 0.25) is 0 Å². The molecule has 106 valence electrons. The lowest BCUT2D eigenvalue weighted by Gasteiger charge is -2.24. The van der Waals surface area contributed by atoms with Gasteiger partial charge in [0, 0.05) is 26.2 Å². The van der Waals surface area contributed by atoms with E-state index in [0.717, 1.165) is 50.7 Å². The number of nitrogens with one attached hydrogen (secondary N) is 1. The van der Waals surface area contributed by atoms with Crippen LogP contribution in [0, 0.1) is 0 Å². The van der Waals surface area contributed by atoms with Crippen LogP contribution in [0.2, 0.25) is 0 Å². The summed E-state index contributed by atoms with van der Waals surface area (Å²) in [5.74, 6) is 0.943. The lowest BCUT2D eigenvalue weighted by molar-refractivity contribution is 0.115. The number of hydrogen-bond donors (Lipinski definition) is 1. The molecule has 0 amide bonds. The molecule has 19 heavy (non-hydrogen) atoms. The Morgan fingerprint density at radius 1 is 1.37 bits per heavy atom.